The summed E-state index contributed by atoms with van der Waals surface area (Å²) < 4.78 is 5.47. The quantitative estimate of drug-likeness (QED) is 0.852. The topological polar surface area (TPSA) is 32.8 Å². The maximum atomic E-state index is 13.3. The highest BCUT2D eigenvalue weighted by atomic mass is 32.1. The lowest BCUT2D eigenvalue weighted by Gasteiger charge is -2.44. The van der Waals surface area contributed by atoms with Gasteiger partial charge in [-0.15, -0.1) is 0 Å². The van der Waals surface area contributed by atoms with E-state index in [9.17, 15) is 4.79 Å². The minimum atomic E-state index is -0.105. The van der Waals surface area contributed by atoms with E-state index in [4.69, 9.17) is 4.74 Å². The van der Waals surface area contributed by atoms with Crippen LogP contribution in [0.1, 0.15) is 37.7 Å². The molecule has 3 saturated heterocycles. The summed E-state index contributed by atoms with van der Waals surface area (Å²) in [5, 5.41) is 4.36. The predicted octanol–water partition coefficient (Wildman–Crippen LogP) is 2.74. The molecule has 1 atom stereocenters. The molecular weight excluding hydrogens is 308 g/mol. The van der Waals surface area contributed by atoms with Crippen molar-refractivity contribution >= 4 is 17.2 Å². The summed E-state index contributed by atoms with van der Waals surface area (Å²) in [5.74, 6) is 0.434. The van der Waals surface area contributed by atoms with Crippen molar-refractivity contribution in [3.05, 3.63) is 22.4 Å². The maximum Gasteiger partial charge on any atom is 0.230 e. The van der Waals surface area contributed by atoms with Crippen LogP contribution in [0.3, 0.4) is 0 Å². The Hall–Kier alpha value is -0.910. The van der Waals surface area contributed by atoms with Crippen molar-refractivity contribution in [1.82, 2.24) is 9.80 Å². The van der Waals surface area contributed by atoms with Gasteiger partial charge in [0.2, 0.25) is 5.91 Å². The number of carbonyl (C=O) groups excluding carboxylic acids is 1. The number of amides is 1. The maximum absolute atomic E-state index is 13.3. The molecule has 23 heavy (non-hydrogen) atoms. The van der Waals surface area contributed by atoms with Crippen LogP contribution < -0.4 is 0 Å². The molecule has 0 aliphatic carbocycles. The van der Waals surface area contributed by atoms with E-state index in [-0.39, 0.29) is 5.41 Å². The Balaban J connectivity index is 1.44. The minimum absolute atomic E-state index is 0.105. The number of piperidine rings is 1. The van der Waals surface area contributed by atoms with Gasteiger partial charge in [-0.05, 0) is 61.0 Å². The first kappa shape index (κ1) is 15.6. The van der Waals surface area contributed by atoms with Crippen LogP contribution in [-0.2, 0) is 16.1 Å². The minimum Gasteiger partial charge on any atom is -0.381 e. The third-order valence-electron chi connectivity index (χ3n) is 5.82. The van der Waals surface area contributed by atoms with Crippen molar-refractivity contribution in [3.63, 3.8) is 0 Å². The van der Waals surface area contributed by atoms with Gasteiger partial charge in [0.15, 0.2) is 0 Å². The number of ether oxygens (including phenoxy) is 1. The lowest BCUT2D eigenvalue weighted by Crippen LogP contribution is -2.54. The molecule has 4 nitrogen and oxygen atoms in total. The van der Waals surface area contributed by atoms with Gasteiger partial charge in [-0.25, -0.2) is 0 Å². The van der Waals surface area contributed by atoms with Crippen LogP contribution >= 0.6 is 11.3 Å². The van der Waals surface area contributed by atoms with E-state index in [0.29, 0.717) is 11.9 Å². The second kappa shape index (κ2) is 6.54. The summed E-state index contributed by atoms with van der Waals surface area (Å²) in [5.41, 5.74) is 1.28. The molecule has 3 fully saturated rings. The van der Waals surface area contributed by atoms with Crippen LogP contribution in [0.4, 0.5) is 0 Å². The Kier molecular flexibility index (Phi) is 4.43. The van der Waals surface area contributed by atoms with E-state index in [1.807, 2.05) is 0 Å². The zero-order valence-electron chi connectivity index (χ0n) is 13.7. The van der Waals surface area contributed by atoms with Gasteiger partial charge in [0, 0.05) is 38.9 Å². The van der Waals surface area contributed by atoms with Crippen LogP contribution in [0.5, 0.6) is 0 Å². The molecule has 1 aromatic heterocycles. The Labute approximate surface area is 142 Å². The summed E-state index contributed by atoms with van der Waals surface area (Å²) in [7, 11) is 0. The molecule has 5 heteroatoms. The van der Waals surface area contributed by atoms with Gasteiger partial charge in [0.05, 0.1) is 5.41 Å². The molecule has 0 aromatic carbocycles. The van der Waals surface area contributed by atoms with E-state index in [1.165, 1.54) is 5.56 Å². The van der Waals surface area contributed by atoms with Crippen molar-refractivity contribution in [2.75, 3.05) is 32.8 Å². The Morgan fingerprint density at radius 1 is 1.26 bits per heavy atom. The monoisotopic (exact) mass is 334 g/mol. The zero-order valence-corrected chi connectivity index (χ0v) is 14.5. The highest BCUT2D eigenvalue weighted by molar-refractivity contribution is 7.07. The highest BCUT2D eigenvalue weighted by Crippen LogP contribution is 2.41. The number of likely N-dealkylation sites (tertiary alicyclic amines) is 2. The highest BCUT2D eigenvalue weighted by Gasteiger charge is 2.49. The second-order valence-electron chi connectivity index (χ2n) is 7.32. The SMILES string of the molecule is O=C1N(C2CCOCC2)CCCC12CCN(Cc1ccsc1)C2. The molecule has 1 amide bonds. The van der Waals surface area contributed by atoms with Crippen molar-refractivity contribution in [2.24, 2.45) is 5.41 Å². The average molecular weight is 334 g/mol. The van der Waals surface area contributed by atoms with Crippen molar-refractivity contribution in [1.29, 1.82) is 0 Å². The lowest BCUT2D eigenvalue weighted by molar-refractivity contribution is -0.150. The van der Waals surface area contributed by atoms with Crippen LogP contribution in [0, 0.1) is 5.41 Å². The third kappa shape index (κ3) is 3.06. The van der Waals surface area contributed by atoms with Gasteiger partial charge in [0.25, 0.3) is 0 Å². The molecule has 0 saturated carbocycles. The van der Waals surface area contributed by atoms with Crippen LogP contribution in [-0.4, -0.2) is 54.6 Å². The Morgan fingerprint density at radius 3 is 2.91 bits per heavy atom. The van der Waals surface area contributed by atoms with Gasteiger partial charge in [0.1, 0.15) is 0 Å². The third-order valence-corrected chi connectivity index (χ3v) is 6.55. The molecule has 0 bridgehead atoms. The molecule has 3 aliphatic rings. The smallest absolute Gasteiger partial charge is 0.230 e. The van der Waals surface area contributed by atoms with Crippen LogP contribution in [0.15, 0.2) is 16.8 Å². The van der Waals surface area contributed by atoms with Gasteiger partial charge in [-0.1, -0.05) is 0 Å². The first-order valence-electron chi connectivity index (χ1n) is 8.89. The van der Waals surface area contributed by atoms with Gasteiger partial charge in [-0.3, -0.25) is 9.69 Å². The summed E-state index contributed by atoms with van der Waals surface area (Å²) in [6.07, 6.45) is 5.30. The fourth-order valence-corrected chi connectivity index (χ4v) is 5.22. The van der Waals surface area contributed by atoms with Crippen molar-refractivity contribution in [2.45, 2.75) is 44.7 Å². The molecule has 0 radical (unpaired) electrons. The van der Waals surface area contributed by atoms with Crippen LogP contribution in [0.25, 0.3) is 0 Å². The lowest BCUT2D eigenvalue weighted by atomic mass is 9.77. The normalized spacial score (nSPS) is 30.4. The fourth-order valence-electron chi connectivity index (χ4n) is 4.56. The van der Waals surface area contributed by atoms with Crippen molar-refractivity contribution in [3.8, 4) is 0 Å². The summed E-state index contributed by atoms with van der Waals surface area (Å²) in [6, 6.07) is 2.62. The first-order chi connectivity index (χ1) is 11.3. The van der Waals surface area contributed by atoms with Gasteiger partial charge < -0.3 is 9.64 Å². The predicted molar refractivity (Wildman–Crippen MR) is 91.4 cm³/mol. The molecule has 3 aliphatic heterocycles. The second-order valence-corrected chi connectivity index (χ2v) is 8.10. The van der Waals surface area contributed by atoms with E-state index in [1.54, 1.807) is 11.3 Å². The molecule has 1 aromatic rings. The number of carbonyl (C=O) groups is 1. The average Bonchev–Trinajstić information content (AvgIpc) is 3.23. The van der Waals surface area contributed by atoms with E-state index < -0.39 is 0 Å². The molecular formula is C18H26N2O2S. The van der Waals surface area contributed by atoms with Crippen molar-refractivity contribution < 1.29 is 9.53 Å². The molecule has 4 rings (SSSR count). The molecule has 1 spiro atoms. The number of rotatable bonds is 3. The van der Waals surface area contributed by atoms with Gasteiger partial charge >= 0.3 is 0 Å². The number of thiophene rings is 1. The van der Waals surface area contributed by atoms with E-state index in [0.717, 1.165) is 71.5 Å². The molecule has 4 heterocycles. The zero-order chi connectivity index (χ0) is 15.7. The van der Waals surface area contributed by atoms with Gasteiger partial charge in [-0.2, -0.15) is 11.3 Å². The number of hydrogen-bond acceptors (Lipinski definition) is 4. The first-order valence-corrected chi connectivity index (χ1v) is 9.83. The standard InChI is InChI=1S/C18H26N2O2S/c21-17-18(5-1-7-20(17)16-2-9-22-10-3-16)6-8-19(14-18)12-15-4-11-23-13-15/h4,11,13,16H,1-3,5-10,12,14H2. The number of nitrogens with zero attached hydrogens (tertiary/aromatic N) is 2. The van der Waals surface area contributed by atoms with Crippen LogP contribution in [0.2, 0.25) is 0 Å². The summed E-state index contributed by atoms with van der Waals surface area (Å²) in [4.78, 5) is 17.9. The Morgan fingerprint density at radius 2 is 2.13 bits per heavy atom. The molecule has 126 valence electrons. The largest absolute Gasteiger partial charge is 0.381 e. The number of hydrogen-bond donors (Lipinski definition) is 0. The Bertz CT molecular complexity index is 541. The molecule has 1 unspecified atom stereocenters. The summed E-state index contributed by atoms with van der Waals surface area (Å²) >= 11 is 1.76. The van der Waals surface area contributed by atoms with E-state index >= 15 is 0 Å². The fraction of sp³-hybridized carbons (Fsp3) is 0.722. The van der Waals surface area contributed by atoms with E-state index in [2.05, 4.69) is 26.6 Å². The molecule has 0 N–H and O–H groups in total. The summed E-state index contributed by atoms with van der Waals surface area (Å²) in [6.45, 7) is 5.58.